The van der Waals surface area contributed by atoms with Crippen LogP contribution < -0.4 is 4.57 Å². The lowest BCUT2D eigenvalue weighted by Crippen LogP contribution is -2.63. The first kappa shape index (κ1) is 23.5. The number of aromatic amines is 1. The smallest absolute Gasteiger partial charge is 0.335 e. The van der Waals surface area contributed by atoms with Gasteiger partial charge in [-0.15, -0.1) is 0 Å². The van der Waals surface area contributed by atoms with Crippen molar-refractivity contribution in [3.8, 4) is 17.1 Å². The number of nitrogens with zero attached hydrogens (tertiary/aromatic N) is 4. The summed E-state index contributed by atoms with van der Waals surface area (Å²) in [5.74, 6) is -1.17. The summed E-state index contributed by atoms with van der Waals surface area (Å²) in [5, 5.41) is 51.2. The maximum absolute atomic E-state index is 11.5. The summed E-state index contributed by atoms with van der Waals surface area (Å²) in [4.78, 5) is 23.3. The van der Waals surface area contributed by atoms with Crippen molar-refractivity contribution in [1.29, 1.82) is 0 Å². The highest BCUT2D eigenvalue weighted by Crippen LogP contribution is 2.34. The van der Waals surface area contributed by atoms with Crippen LogP contribution in [0.3, 0.4) is 0 Å². The molecule has 0 saturated carbocycles. The number of ether oxygens (including phenoxy) is 1. The van der Waals surface area contributed by atoms with Crippen LogP contribution >= 0.6 is 0 Å². The van der Waals surface area contributed by atoms with Crippen LogP contribution in [-0.4, -0.2) is 109 Å². The quantitative estimate of drug-likeness (QED) is 0.278. The summed E-state index contributed by atoms with van der Waals surface area (Å²) >= 11 is 0. The molecule has 0 unspecified atom stereocenters. The normalized spacial score (nSPS) is 29.3. The number of piperazine rings is 1. The number of likely N-dealkylation sites (N-methyl/N-ethyl adjacent to an activating group) is 1. The summed E-state index contributed by atoms with van der Waals surface area (Å²) in [6.45, 7) is 5.73. The summed E-state index contributed by atoms with van der Waals surface area (Å²) in [6, 6.07) is 0. The Labute approximate surface area is 190 Å². The summed E-state index contributed by atoms with van der Waals surface area (Å²) in [5.41, 5.74) is 1.58. The fraction of sp³-hybridized carbons (Fsp3) is 0.571. The van der Waals surface area contributed by atoms with Gasteiger partial charge in [0.05, 0.1) is 5.69 Å². The lowest BCUT2D eigenvalue weighted by molar-refractivity contribution is -0.767. The van der Waals surface area contributed by atoms with E-state index in [1.807, 2.05) is 0 Å². The van der Waals surface area contributed by atoms with Gasteiger partial charge < -0.3 is 35.2 Å². The highest BCUT2D eigenvalue weighted by Gasteiger charge is 2.50. The molecule has 180 valence electrons. The Hall–Kier alpha value is -2.61. The SMILES string of the molecule is Cc1ncc(CN2CCN(C)CC2)c(-c2[nH]cc[n+]2[C@@H]2O[C@H](C(=O)O)[C@@H](O)[C@H](O)[C@H]2O)c1O. The van der Waals surface area contributed by atoms with Gasteiger partial charge in [0, 0.05) is 44.5 Å². The van der Waals surface area contributed by atoms with Gasteiger partial charge in [0.1, 0.15) is 36.3 Å². The predicted molar refractivity (Wildman–Crippen MR) is 113 cm³/mol. The third-order valence-electron chi connectivity index (χ3n) is 6.36. The number of carbonyl (C=O) groups is 1. The number of imidazole rings is 1. The Kier molecular flexibility index (Phi) is 6.66. The average Bonchev–Trinajstić information content (AvgIpc) is 3.25. The number of aliphatic carboxylic acids is 1. The molecule has 0 aromatic carbocycles. The van der Waals surface area contributed by atoms with E-state index in [2.05, 4.69) is 26.8 Å². The second-order valence-electron chi connectivity index (χ2n) is 8.65. The van der Waals surface area contributed by atoms with Crippen LogP contribution in [0.15, 0.2) is 18.6 Å². The van der Waals surface area contributed by atoms with Gasteiger partial charge in [-0.25, -0.2) is 14.3 Å². The number of aliphatic hydroxyl groups excluding tert-OH is 3. The van der Waals surface area contributed by atoms with Crippen molar-refractivity contribution in [3.63, 3.8) is 0 Å². The molecule has 0 radical (unpaired) electrons. The van der Waals surface area contributed by atoms with Crippen LogP contribution in [0.25, 0.3) is 11.4 Å². The molecule has 2 fully saturated rings. The molecule has 2 aromatic rings. The molecule has 2 aliphatic rings. The number of aromatic hydroxyl groups is 1. The number of aliphatic hydroxyl groups is 3. The first-order chi connectivity index (χ1) is 15.7. The zero-order valence-corrected chi connectivity index (χ0v) is 18.5. The van der Waals surface area contributed by atoms with E-state index in [9.17, 15) is 30.3 Å². The molecule has 4 heterocycles. The topological polar surface area (TPSA) is 166 Å². The molecular formula is C21H30N5O7+. The number of aryl methyl sites for hydroxylation is 1. The van der Waals surface area contributed by atoms with Gasteiger partial charge >= 0.3 is 5.97 Å². The molecule has 6 N–H and O–H groups in total. The number of hydrogen-bond acceptors (Lipinski definition) is 9. The van der Waals surface area contributed by atoms with Crippen LogP contribution in [-0.2, 0) is 16.1 Å². The molecule has 2 saturated heterocycles. The Morgan fingerprint density at radius 2 is 1.91 bits per heavy atom. The minimum atomic E-state index is -1.79. The van der Waals surface area contributed by atoms with Crippen LogP contribution in [0.1, 0.15) is 17.5 Å². The Balaban J connectivity index is 1.72. The predicted octanol–water partition coefficient (Wildman–Crippen LogP) is -1.81. The van der Waals surface area contributed by atoms with Crippen molar-refractivity contribution in [2.24, 2.45) is 0 Å². The second-order valence-corrected chi connectivity index (χ2v) is 8.65. The monoisotopic (exact) mass is 464 g/mol. The number of nitrogens with one attached hydrogen (secondary N) is 1. The highest BCUT2D eigenvalue weighted by molar-refractivity contribution is 5.73. The highest BCUT2D eigenvalue weighted by atomic mass is 16.6. The van der Waals surface area contributed by atoms with Crippen molar-refractivity contribution < 1.29 is 39.6 Å². The van der Waals surface area contributed by atoms with Gasteiger partial charge in [0.15, 0.2) is 11.9 Å². The number of pyridine rings is 1. The van der Waals surface area contributed by atoms with Crippen LogP contribution in [0, 0.1) is 6.92 Å². The van der Waals surface area contributed by atoms with E-state index < -0.39 is 36.6 Å². The molecule has 2 aromatic heterocycles. The first-order valence-electron chi connectivity index (χ1n) is 10.8. The van der Waals surface area contributed by atoms with Gasteiger partial charge in [-0.2, -0.15) is 0 Å². The molecule has 4 rings (SSSR count). The molecule has 2 aliphatic heterocycles. The first-order valence-corrected chi connectivity index (χ1v) is 10.8. The standard InChI is InChI=1S/C21H29N5O7/c1-11-14(27)13(12(9-23-11)10-25-7-5-24(2)6-8-25)19-22-3-4-26(19)20-17(30)15(28)16(29)18(33-20)21(31)32/h3-4,9,15-18,20,28-30H,5-8,10H2,1-2H3,(H2,22,27,31,32)/p+1/t15-,16-,17+,18-,20+/m0/s1. The zero-order chi connectivity index (χ0) is 23.9. The Bertz CT molecular complexity index is 1010. The van der Waals surface area contributed by atoms with E-state index in [0.29, 0.717) is 23.6 Å². The van der Waals surface area contributed by atoms with E-state index in [1.54, 1.807) is 19.3 Å². The molecular weight excluding hydrogens is 434 g/mol. The van der Waals surface area contributed by atoms with Crippen molar-refractivity contribution in [3.05, 3.63) is 29.8 Å². The van der Waals surface area contributed by atoms with Gasteiger partial charge in [-0.1, -0.05) is 0 Å². The van der Waals surface area contributed by atoms with E-state index in [4.69, 9.17) is 4.74 Å². The minimum Gasteiger partial charge on any atom is -0.505 e. The third kappa shape index (κ3) is 4.45. The minimum absolute atomic E-state index is 0.0569. The Morgan fingerprint density at radius 3 is 2.58 bits per heavy atom. The summed E-state index contributed by atoms with van der Waals surface area (Å²) < 4.78 is 6.91. The van der Waals surface area contributed by atoms with E-state index in [0.717, 1.165) is 31.7 Å². The van der Waals surface area contributed by atoms with Crippen LogP contribution in [0.4, 0.5) is 0 Å². The Morgan fingerprint density at radius 1 is 1.21 bits per heavy atom. The molecule has 0 amide bonds. The van der Waals surface area contributed by atoms with Crippen molar-refractivity contribution >= 4 is 5.97 Å². The van der Waals surface area contributed by atoms with E-state index >= 15 is 0 Å². The van der Waals surface area contributed by atoms with Crippen LogP contribution in [0.5, 0.6) is 5.75 Å². The van der Waals surface area contributed by atoms with Crippen molar-refractivity contribution in [2.75, 3.05) is 33.2 Å². The lowest BCUT2D eigenvalue weighted by Gasteiger charge is -2.37. The van der Waals surface area contributed by atoms with Crippen molar-refractivity contribution in [1.82, 2.24) is 19.8 Å². The van der Waals surface area contributed by atoms with E-state index in [1.165, 1.54) is 10.8 Å². The van der Waals surface area contributed by atoms with Crippen molar-refractivity contribution in [2.45, 2.75) is 44.1 Å². The third-order valence-corrected chi connectivity index (χ3v) is 6.36. The fourth-order valence-corrected chi connectivity index (χ4v) is 4.32. The number of H-pyrrole nitrogens is 1. The molecule has 12 nitrogen and oxygen atoms in total. The van der Waals surface area contributed by atoms with Gasteiger partial charge in [-0.3, -0.25) is 9.88 Å². The van der Waals surface area contributed by atoms with Crippen LogP contribution in [0.2, 0.25) is 0 Å². The summed E-state index contributed by atoms with van der Waals surface area (Å²) in [7, 11) is 2.06. The second kappa shape index (κ2) is 9.33. The molecule has 0 spiro atoms. The molecule has 0 aliphatic carbocycles. The largest absolute Gasteiger partial charge is 0.505 e. The maximum Gasteiger partial charge on any atom is 0.335 e. The molecule has 5 atom stereocenters. The number of rotatable bonds is 5. The van der Waals surface area contributed by atoms with Gasteiger partial charge in [-0.05, 0) is 14.0 Å². The maximum atomic E-state index is 11.5. The molecule has 12 heteroatoms. The average molecular weight is 464 g/mol. The lowest BCUT2D eigenvalue weighted by atomic mass is 9.97. The van der Waals surface area contributed by atoms with Gasteiger partial charge in [0.2, 0.25) is 6.23 Å². The zero-order valence-electron chi connectivity index (χ0n) is 18.5. The fourth-order valence-electron chi connectivity index (χ4n) is 4.32. The number of aromatic nitrogens is 3. The number of hydrogen-bond donors (Lipinski definition) is 6. The van der Waals surface area contributed by atoms with E-state index in [-0.39, 0.29) is 5.75 Å². The number of carboxylic acid groups (broad SMARTS) is 1. The number of carboxylic acids is 1. The molecule has 0 bridgehead atoms. The molecule has 33 heavy (non-hydrogen) atoms. The van der Waals surface area contributed by atoms with Gasteiger partial charge in [0.25, 0.3) is 5.82 Å². The summed E-state index contributed by atoms with van der Waals surface area (Å²) in [6.07, 6.45) is -3.45.